The predicted molar refractivity (Wildman–Crippen MR) is 141 cm³/mol. The van der Waals surface area contributed by atoms with E-state index in [4.69, 9.17) is 0 Å². The average Bonchev–Trinajstić information content (AvgIpc) is 3.38. The third kappa shape index (κ3) is 5.06. The molecule has 0 aliphatic rings. The number of hydrogen-bond acceptors (Lipinski definition) is 3. The average molecular weight is 520 g/mol. The highest BCUT2D eigenvalue weighted by atomic mass is 32.2. The molecular formula is C29H24F3N3OS. The fraction of sp³-hybridized carbons (Fsp3) is 0.172. The number of rotatable bonds is 7. The van der Waals surface area contributed by atoms with Crippen LogP contribution in [0, 0.1) is 13.8 Å². The molecule has 0 bridgehead atoms. The van der Waals surface area contributed by atoms with E-state index in [1.54, 1.807) is 0 Å². The molecule has 0 spiro atoms. The lowest BCUT2D eigenvalue weighted by Crippen LogP contribution is -2.07. The molecule has 8 heteroatoms. The molecule has 0 fully saturated rings. The van der Waals surface area contributed by atoms with Crippen molar-refractivity contribution in [2.75, 3.05) is 5.75 Å². The fourth-order valence-electron chi connectivity index (χ4n) is 4.54. The quantitative estimate of drug-likeness (QED) is 0.165. The Morgan fingerprint density at radius 3 is 2.27 bits per heavy atom. The maximum Gasteiger partial charge on any atom is 0.416 e. The van der Waals surface area contributed by atoms with Gasteiger partial charge in [-0.25, -0.2) is 4.98 Å². The van der Waals surface area contributed by atoms with Crippen molar-refractivity contribution >= 4 is 28.6 Å². The molecule has 0 N–H and O–H groups in total. The molecule has 0 saturated heterocycles. The lowest BCUT2D eigenvalue weighted by molar-refractivity contribution is -0.137. The molecule has 0 unspecified atom stereocenters. The number of carbonyl (C=O) groups excluding carboxylic acids is 1. The summed E-state index contributed by atoms with van der Waals surface area (Å²) in [5.74, 6) is 0.0538. The Labute approximate surface area is 216 Å². The molecule has 5 rings (SSSR count). The maximum absolute atomic E-state index is 13.3. The number of aromatic nitrogens is 3. The van der Waals surface area contributed by atoms with Crippen LogP contribution in [0.3, 0.4) is 0 Å². The molecule has 0 atom stereocenters. The Morgan fingerprint density at radius 1 is 0.919 bits per heavy atom. The summed E-state index contributed by atoms with van der Waals surface area (Å²) >= 11 is 1.24. The number of nitrogens with zero attached hydrogens (tertiary/aromatic N) is 3. The van der Waals surface area contributed by atoms with E-state index in [2.05, 4.69) is 4.98 Å². The fourth-order valence-corrected chi connectivity index (χ4v) is 5.44. The number of aryl methyl sites for hydroxylation is 1. The van der Waals surface area contributed by atoms with Crippen LogP contribution in [-0.2, 0) is 12.7 Å². The SMILES string of the molecule is Cc1cc(C(=O)CSc2nc3cc(C(F)(F)F)ccc3n2Cc2ccccc2)c(C)n1-c1ccccc1. The summed E-state index contributed by atoms with van der Waals surface area (Å²) in [7, 11) is 0. The summed E-state index contributed by atoms with van der Waals surface area (Å²) in [6.45, 7) is 4.31. The molecule has 0 amide bonds. The van der Waals surface area contributed by atoms with Gasteiger partial charge in [-0.15, -0.1) is 0 Å². The van der Waals surface area contributed by atoms with Gasteiger partial charge in [-0.05, 0) is 55.8 Å². The minimum absolute atomic E-state index is 0.0606. The number of carbonyl (C=O) groups is 1. The minimum Gasteiger partial charge on any atom is -0.318 e. The molecule has 37 heavy (non-hydrogen) atoms. The van der Waals surface area contributed by atoms with Crippen LogP contribution in [0.15, 0.2) is 90.1 Å². The van der Waals surface area contributed by atoms with Crippen LogP contribution >= 0.6 is 11.8 Å². The standard InChI is InChI=1S/C29H24F3N3OS/c1-19-15-24(20(2)35(19)23-11-7-4-8-12-23)27(36)18-37-28-33-25-16-22(29(30,31)32)13-14-26(25)34(28)17-21-9-5-3-6-10-21/h3-16H,17-18H2,1-2H3. The largest absolute Gasteiger partial charge is 0.416 e. The van der Waals surface area contributed by atoms with Crippen molar-refractivity contribution in [3.63, 3.8) is 0 Å². The molecule has 2 aromatic heterocycles. The van der Waals surface area contributed by atoms with E-state index >= 15 is 0 Å². The Hall–Kier alpha value is -3.78. The Morgan fingerprint density at radius 2 is 1.59 bits per heavy atom. The van der Waals surface area contributed by atoms with Crippen molar-refractivity contribution in [2.24, 2.45) is 0 Å². The zero-order chi connectivity index (χ0) is 26.2. The van der Waals surface area contributed by atoms with Gasteiger partial charge in [0.05, 0.1) is 28.9 Å². The summed E-state index contributed by atoms with van der Waals surface area (Å²) in [6, 6.07) is 24.9. The van der Waals surface area contributed by atoms with Crippen molar-refractivity contribution < 1.29 is 18.0 Å². The van der Waals surface area contributed by atoms with Gasteiger partial charge >= 0.3 is 6.18 Å². The molecule has 188 valence electrons. The van der Waals surface area contributed by atoms with E-state index in [9.17, 15) is 18.0 Å². The van der Waals surface area contributed by atoms with Gasteiger partial charge in [0.15, 0.2) is 10.9 Å². The second-order valence-corrected chi connectivity index (χ2v) is 9.78. The highest BCUT2D eigenvalue weighted by molar-refractivity contribution is 7.99. The van der Waals surface area contributed by atoms with Gasteiger partial charge in [0.1, 0.15) is 0 Å². The summed E-state index contributed by atoms with van der Waals surface area (Å²) in [5, 5.41) is 0.503. The Bertz CT molecular complexity index is 1570. The number of Topliss-reactive ketones (excluding diaryl/α,β-unsaturated/α-hetero) is 1. The van der Waals surface area contributed by atoms with Gasteiger partial charge in [-0.1, -0.05) is 60.3 Å². The number of imidazole rings is 1. The van der Waals surface area contributed by atoms with E-state index in [1.807, 2.05) is 89.7 Å². The molecule has 0 saturated carbocycles. The highest BCUT2D eigenvalue weighted by Gasteiger charge is 2.31. The highest BCUT2D eigenvalue weighted by Crippen LogP contribution is 2.33. The first kappa shape index (κ1) is 24.9. The predicted octanol–water partition coefficient (Wildman–Crippen LogP) is 7.49. The van der Waals surface area contributed by atoms with E-state index < -0.39 is 11.7 Å². The molecule has 5 aromatic rings. The van der Waals surface area contributed by atoms with Gasteiger partial charge in [0, 0.05) is 22.6 Å². The molecule has 2 heterocycles. The number of halogens is 3. The van der Waals surface area contributed by atoms with E-state index in [0.717, 1.165) is 34.8 Å². The van der Waals surface area contributed by atoms with Gasteiger partial charge in [0.25, 0.3) is 0 Å². The zero-order valence-electron chi connectivity index (χ0n) is 20.3. The summed E-state index contributed by atoms with van der Waals surface area (Å²) < 4.78 is 43.9. The molecule has 0 aliphatic heterocycles. The first-order chi connectivity index (χ1) is 17.7. The smallest absolute Gasteiger partial charge is 0.318 e. The third-order valence-corrected chi connectivity index (χ3v) is 7.28. The number of fused-ring (bicyclic) bond motifs is 1. The van der Waals surface area contributed by atoms with Gasteiger partial charge in [-0.2, -0.15) is 13.2 Å². The van der Waals surface area contributed by atoms with Crippen LogP contribution in [0.4, 0.5) is 13.2 Å². The second kappa shape index (κ2) is 9.94. The number of alkyl halides is 3. The van der Waals surface area contributed by atoms with Crippen molar-refractivity contribution in [3.05, 3.63) is 113 Å². The van der Waals surface area contributed by atoms with Crippen LogP contribution in [0.1, 0.15) is 32.9 Å². The van der Waals surface area contributed by atoms with Crippen LogP contribution < -0.4 is 0 Å². The normalized spacial score (nSPS) is 11.8. The summed E-state index contributed by atoms with van der Waals surface area (Å²) in [6.07, 6.45) is -4.46. The first-order valence-electron chi connectivity index (χ1n) is 11.7. The number of hydrogen-bond donors (Lipinski definition) is 0. The summed E-state index contributed by atoms with van der Waals surface area (Å²) in [5.41, 5.74) is 4.49. The summed E-state index contributed by atoms with van der Waals surface area (Å²) in [4.78, 5) is 17.8. The number of benzene rings is 3. The van der Waals surface area contributed by atoms with E-state index in [0.29, 0.717) is 22.8 Å². The molecule has 0 aliphatic carbocycles. The van der Waals surface area contributed by atoms with Crippen LogP contribution in [0.25, 0.3) is 16.7 Å². The van der Waals surface area contributed by atoms with Crippen molar-refractivity contribution in [1.82, 2.24) is 14.1 Å². The van der Waals surface area contributed by atoms with Gasteiger partial charge < -0.3 is 9.13 Å². The Kier molecular flexibility index (Phi) is 6.69. The van der Waals surface area contributed by atoms with Crippen LogP contribution in [0.5, 0.6) is 0 Å². The third-order valence-electron chi connectivity index (χ3n) is 6.30. The molecular weight excluding hydrogens is 495 g/mol. The Balaban J connectivity index is 1.46. The van der Waals surface area contributed by atoms with Crippen molar-refractivity contribution in [2.45, 2.75) is 31.7 Å². The number of thioether (sulfide) groups is 1. The first-order valence-corrected chi connectivity index (χ1v) is 12.7. The molecule has 0 radical (unpaired) electrons. The minimum atomic E-state index is -4.46. The van der Waals surface area contributed by atoms with Gasteiger partial charge in [0.2, 0.25) is 0 Å². The van der Waals surface area contributed by atoms with Crippen molar-refractivity contribution in [1.29, 1.82) is 0 Å². The van der Waals surface area contributed by atoms with Crippen LogP contribution in [-0.4, -0.2) is 25.7 Å². The zero-order valence-corrected chi connectivity index (χ0v) is 21.1. The topological polar surface area (TPSA) is 39.8 Å². The maximum atomic E-state index is 13.3. The lowest BCUT2D eigenvalue weighted by Gasteiger charge is -2.10. The second-order valence-electron chi connectivity index (χ2n) is 8.83. The lowest BCUT2D eigenvalue weighted by atomic mass is 10.2. The number of para-hydroxylation sites is 1. The monoisotopic (exact) mass is 519 g/mol. The van der Waals surface area contributed by atoms with Gasteiger partial charge in [-0.3, -0.25) is 4.79 Å². The van der Waals surface area contributed by atoms with E-state index in [-0.39, 0.29) is 17.1 Å². The number of ketones is 1. The van der Waals surface area contributed by atoms with Crippen LogP contribution in [0.2, 0.25) is 0 Å². The molecule has 3 aromatic carbocycles. The molecule has 4 nitrogen and oxygen atoms in total. The van der Waals surface area contributed by atoms with Crippen molar-refractivity contribution in [3.8, 4) is 5.69 Å². The van der Waals surface area contributed by atoms with E-state index in [1.165, 1.54) is 17.8 Å².